The number of hydrogen-bond acceptors (Lipinski definition) is 7. The highest BCUT2D eigenvalue weighted by Crippen LogP contribution is 2.31. The standard InChI is InChI=1S/C23H31N5O2/c1-2-4-11-28(10-3-1)22-7-9-24-23(26-22)25-19-8-12-27(17-19)16-18-5-6-20-21(15-18)30-14-13-29-20/h5-7,9,15,19H,1-4,8,10-14,16-17H2,(H,24,25,26). The summed E-state index contributed by atoms with van der Waals surface area (Å²) in [6, 6.07) is 8.70. The summed E-state index contributed by atoms with van der Waals surface area (Å²) in [6.45, 7) is 6.44. The molecule has 160 valence electrons. The normalized spacial score (nSPS) is 22.0. The fourth-order valence-electron chi connectivity index (χ4n) is 4.62. The summed E-state index contributed by atoms with van der Waals surface area (Å²) in [5.41, 5.74) is 1.26. The molecule has 2 saturated heterocycles. The minimum Gasteiger partial charge on any atom is -0.486 e. The number of nitrogens with one attached hydrogen (secondary N) is 1. The smallest absolute Gasteiger partial charge is 0.224 e. The quantitative estimate of drug-likeness (QED) is 0.813. The number of ether oxygens (including phenoxy) is 2. The monoisotopic (exact) mass is 409 g/mol. The predicted molar refractivity (Wildman–Crippen MR) is 117 cm³/mol. The molecule has 1 aromatic heterocycles. The Balaban J connectivity index is 1.17. The topological polar surface area (TPSA) is 62.8 Å². The molecule has 0 aliphatic carbocycles. The van der Waals surface area contributed by atoms with Crippen LogP contribution in [0.4, 0.5) is 11.8 Å². The predicted octanol–water partition coefficient (Wildman–Crippen LogP) is 3.31. The third-order valence-corrected chi connectivity index (χ3v) is 6.19. The second-order valence-electron chi connectivity index (χ2n) is 8.48. The molecule has 3 aliphatic heterocycles. The Kier molecular flexibility index (Phi) is 5.88. The van der Waals surface area contributed by atoms with E-state index in [4.69, 9.17) is 14.5 Å². The summed E-state index contributed by atoms with van der Waals surface area (Å²) in [6.07, 6.45) is 8.15. The number of benzene rings is 1. The summed E-state index contributed by atoms with van der Waals surface area (Å²) >= 11 is 0. The molecule has 4 heterocycles. The van der Waals surface area contributed by atoms with Gasteiger partial charge < -0.3 is 19.7 Å². The van der Waals surface area contributed by atoms with Gasteiger partial charge in [0.2, 0.25) is 5.95 Å². The van der Waals surface area contributed by atoms with Crippen molar-refractivity contribution < 1.29 is 9.47 Å². The van der Waals surface area contributed by atoms with Gasteiger partial charge in [-0.15, -0.1) is 0 Å². The van der Waals surface area contributed by atoms with E-state index < -0.39 is 0 Å². The van der Waals surface area contributed by atoms with Gasteiger partial charge in [-0.25, -0.2) is 4.98 Å². The molecule has 7 heteroatoms. The van der Waals surface area contributed by atoms with Gasteiger partial charge >= 0.3 is 0 Å². The van der Waals surface area contributed by atoms with Crippen molar-refractivity contribution in [3.05, 3.63) is 36.0 Å². The first-order chi connectivity index (χ1) is 14.8. The van der Waals surface area contributed by atoms with Crippen LogP contribution in [-0.2, 0) is 6.54 Å². The molecule has 0 bridgehead atoms. The summed E-state index contributed by atoms with van der Waals surface area (Å²) in [5, 5.41) is 3.57. The Labute approximate surface area is 178 Å². The van der Waals surface area contributed by atoms with Crippen LogP contribution in [0.5, 0.6) is 11.5 Å². The van der Waals surface area contributed by atoms with E-state index in [0.717, 1.165) is 62.4 Å². The Morgan fingerprint density at radius 1 is 0.967 bits per heavy atom. The zero-order chi connectivity index (χ0) is 20.2. The maximum absolute atomic E-state index is 5.72. The van der Waals surface area contributed by atoms with Crippen LogP contribution in [0.1, 0.15) is 37.7 Å². The van der Waals surface area contributed by atoms with Crippen molar-refractivity contribution in [1.82, 2.24) is 14.9 Å². The zero-order valence-electron chi connectivity index (χ0n) is 17.6. The third kappa shape index (κ3) is 4.61. The molecule has 5 rings (SSSR count). The molecule has 0 amide bonds. The van der Waals surface area contributed by atoms with E-state index >= 15 is 0 Å². The van der Waals surface area contributed by atoms with Crippen molar-refractivity contribution in [1.29, 1.82) is 0 Å². The maximum Gasteiger partial charge on any atom is 0.224 e. The number of rotatable bonds is 5. The van der Waals surface area contributed by atoms with Gasteiger partial charge in [0.25, 0.3) is 0 Å². The van der Waals surface area contributed by atoms with Crippen LogP contribution in [0, 0.1) is 0 Å². The van der Waals surface area contributed by atoms with Crippen molar-refractivity contribution in [2.45, 2.75) is 44.7 Å². The first kappa shape index (κ1) is 19.4. The van der Waals surface area contributed by atoms with Gasteiger partial charge in [-0.1, -0.05) is 18.9 Å². The van der Waals surface area contributed by atoms with Gasteiger partial charge in [0.1, 0.15) is 19.0 Å². The van der Waals surface area contributed by atoms with Crippen molar-refractivity contribution >= 4 is 11.8 Å². The average Bonchev–Trinajstić information content (AvgIpc) is 3.03. The molecule has 1 aromatic carbocycles. The lowest BCUT2D eigenvalue weighted by molar-refractivity contribution is 0.171. The van der Waals surface area contributed by atoms with Crippen LogP contribution in [0.2, 0.25) is 0 Å². The molecule has 0 saturated carbocycles. The molecular weight excluding hydrogens is 378 g/mol. The van der Waals surface area contributed by atoms with Crippen LogP contribution in [0.3, 0.4) is 0 Å². The Hall–Kier alpha value is -2.54. The number of aromatic nitrogens is 2. The van der Waals surface area contributed by atoms with Gasteiger partial charge in [-0.3, -0.25) is 4.90 Å². The molecule has 1 unspecified atom stereocenters. The van der Waals surface area contributed by atoms with Crippen molar-refractivity contribution in [2.24, 2.45) is 0 Å². The summed E-state index contributed by atoms with van der Waals surface area (Å²) in [5.74, 6) is 3.53. The van der Waals surface area contributed by atoms with E-state index in [-0.39, 0.29) is 0 Å². The van der Waals surface area contributed by atoms with E-state index in [1.54, 1.807) is 0 Å². The molecule has 2 aromatic rings. The Morgan fingerprint density at radius 3 is 2.67 bits per heavy atom. The highest BCUT2D eigenvalue weighted by Gasteiger charge is 2.24. The summed E-state index contributed by atoms with van der Waals surface area (Å²) < 4.78 is 11.3. The molecule has 30 heavy (non-hydrogen) atoms. The second kappa shape index (κ2) is 9.08. The minimum atomic E-state index is 0.376. The molecule has 3 aliphatic rings. The van der Waals surface area contributed by atoms with Crippen LogP contribution >= 0.6 is 0 Å². The lowest BCUT2D eigenvalue weighted by Crippen LogP contribution is -2.28. The SMILES string of the molecule is c1cc(N2CCCCCC2)nc(NC2CCN(Cc3ccc4c(c3)OCCO4)C2)n1. The van der Waals surface area contributed by atoms with Crippen LogP contribution in [0.15, 0.2) is 30.5 Å². The minimum absolute atomic E-state index is 0.376. The van der Waals surface area contributed by atoms with E-state index in [2.05, 4.69) is 32.2 Å². The lowest BCUT2D eigenvalue weighted by Gasteiger charge is -2.22. The van der Waals surface area contributed by atoms with Gasteiger partial charge in [0.05, 0.1) is 0 Å². The number of anilines is 2. The van der Waals surface area contributed by atoms with Crippen molar-refractivity contribution in [2.75, 3.05) is 49.6 Å². The Bertz CT molecular complexity index is 853. The Morgan fingerprint density at radius 2 is 1.80 bits per heavy atom. The fraction of sp³-hybridized carbons (Fsp3) is 0.565. The molecule has 2 fully saturated rings. The number of nitrogens with zero attached hydrogens (tertiary/aromatic N) is 4. The molecular formula is C23H31N5O2. The largest absolute Gasteiger partial charge is 0.486 e. The third-order valence-electron chi connectivity index (χ3n) is 6.19. The van der Waals surface area contributed by atoms with E-state index in [0.29, 0.717) is 19.3 Å². The first-order valence-electron chi connectivity index (χ1n) is 11.3. The molecule has 0 spiro atoms. The van der Waals surface area contributed by atoms with Crippen LogP contribution in [-0.4, -0.2) is 60.3 Å². The second-order valence-corrected chi connectivity index (χ2v) is 8.48. The highest BCUT2D eigenvalue weighted by atomic mass is 16.6. The molecule has 1 N–H and O–H groups in total. The maximum atomic E-state index is 5.72. The summed E-state index contributed by atoms with van der Waals surface area (Å²) in [7, 11) is 0. The van der Waals surface area contributed by atoms with Crippen molar-refractivity contribution in [3.63, 3.8) is 0 Å². The zero-order valence-corrected chi connectivity index (χ0v) is 17.6. The van der Waals surface area contributed by atoms with Crippen LogP contribution in [0.25, 0.3) is 0 Å². The van der Waals surface area contributed by atoms with Gasteiger partial charge in [0, 0.05) is 45.0 Å². The number of hydrogen-bond donors (Lipinski definition) is 1. The van der Waals surface area contributed by atoms with E-state index in [1.165, 1.54) is 31.2 Å². The van der Waals surface area contributed by atoms with Crippen molar-refractivity contribution in [3.8, 4) is 11.5 Å². The highest BCUT2D eigenvalue weighted by molar-refractivity contribution is 5.44. The first-order valence-corrected chi connectivity index (χ1v) is 11.3. The summed E-state index contributed by atoms with van der Waals surface area (Å²) in [4.78, 5) is 14.2. The number of likely N-dealkylation sites (tertiary alicyclic amines) is 1. The van der Waals surface area contributed by atoms with Gasteiger partial charge in [-0.05, 0) is 43.0 Å². The van der Waals surface area contributed by atoms with E-state index in [1.807, 2.05) is 18.3 Å². The lowest BCUT2D eigenvalue weighted by atomic mass is 10.2. The van der Waals surface area contributed by atoms with Gasteiger partial charge in [-0.2, -0.15) is 4.98 Å². The molecule has 7 nitrogen and oxygen atoms in total. The molecule has 0 radical (unpaired) electrons. The van der Waals surface area contributed by atoms with E-state index in [9.17, 15) is 0 Å². The average molecular weight is 410 g/mol. The van der Waals surface area contributed by atoms with Gasteiger partial charge in [0.15, 0.2) is 11.5 Å². The number of fused-ring (bicyclic) bond motifs is 1. The van der Waals surface area contributed by atoms with Crippen LogP contribution < -0.4 is 19.7 Å². The fourth-order valence-corrected chi connectivity index (χ4v) is 4.62. The molecule has 1 atom stereocenters.